The van der Waals surface area contributed by atoms with Gasteiger partial charge in [-0.05, 0) is 54.4 Å². The molecule has 22 heavy (non-hydrogen) atoms. The smallest absolute Gasteiger partial charge is 0.123 e. The molecule has 0 aliphatic carbocycles. The van der Waals surface area contributed by atoms with Gasteiger partial charge in [-0.1, -0.05) is 56.3 Å². The van der Waals surface area contributed by atoms with Crippen molar-refractivity contribution >= 4 is 5.57 Å². The first-order chi connectivity index (χ1) is 10.6. The standard InChI is InChI=1S/C20H24FN/c1-4-22(5-2)15-14-16(3)17-6-8-18(9-7-17)19-10-12-20(21)13-11-19/h6-14H,4-5,15H2,1-3H3/b16-14-. The Morgan fingerprint density at radius 2 is 1.41 bits per heavy atom. The lowest BCUT2D eigenvalue weighted by Gasteiger charge is -2.16. The molecule has 0 unspecified atom stereocenters. The topological polar surface area (TPSA) is 3.24 Å². The number of halogens is 1. The molecule has 0 saturated heterocycles. The van der Waals surface area contributed by atoms with Crippen LogP contribution in [0, 0.1) is 5.82 Å². The van der Waals surface area contributed by atoms with Gasteiger partial charge in [-0.15, -0.1) is 0 Å². The zero-order chi connectivity index (χ0) is 15.9. The molecular weight excluding hydrogens is 273 g/mol. The summed E-state index contributed by atoms with van der Waals surface area (Å²) in [4.78, 5) is 2.39. The van der Waals surface area contributed by atoms with E-state index in [2.05, 4.69) is 56.0 Å². The average molecular weight is 297 g/mol. The largest absolute Gasteiger partial charge is 0.300 e. The van der Waals surface area contributed by atoms with Gasteiger partial charge in [0, 0.05) is 6.54 Å². The second kappa shape index (κ2) is 7.90. The van der Waals surface area contributed by atoms with Crippen LogP contribution in [0.15, 0.2) is 54.6 Å². The van der Waals surface area contributed by atoms with Crippen LogP contribution < -0.4 is 0 Å². The summed E-state index contributed by atoms with van der Waals surface area (Å²) in [6.45, 7) is 9.65. The van der Waals surface area contributed by atoms with E-state index in [9.17, 15) is 4.39 Å². The van der Waals surface area contributed by atoms with Crippen LogP contribution in [0.3, 0.4) is 0 Å². The normalized spacial score (nSPS) is 12.0. The molecule has 0 amide bonds. The summed E-state index contributed by atoms with van der Waals surface area (Å²) in [5.74, 6) is -0.199. The molecule has 2 heteroatoms. The van der Waals surface area contributed by atoms with Crippen LogP contribution in [-0.4, -0.2) is 24.5 Å². The van der Waals surface area contributed by atoms with Crippen molar-refractivity contribution in [2.24, 2.45) is 0 Å². The first kappa shape index (κ1) is 16.4. The molecule has 2 rings (SSSR count). The number of allylic oxidation sites excluding steroid dienone is 1. The number of hydrogen-bond acceptors (Lipinski definition) is 1. The second-order valence-corrected chi connectivity index (χ2v) is 5.46. The monoisotopic (exact) mass is 297 g/mol. The van der Waals surface area contributed by atoms with Gasteiger partial charge in [-0.3, -0.25) is 0 Å². The molecule has 0 aliphatic rings. The minimum Gasteiger partial charge on any atom is -0.300 e. The summed E-state index contributed by atoms with van der Waals surface area (Å²) in [7, 11) is 0. The lowest BCUT2D eigenvalue weighted by molar-refractivity contribution is 0.337. The van der Waals surface area contributed by atoms with E-state index in [0.29, 0.717) is 0 Å². The maximum absolute atomic E-state index is 13.0. The molecule has 0 bridgehead atoms. The molecule has 0 fully saturated rings. The van der Waals surface area contributed by atoms with Gasteiger partial charge in [0.25, 0.3) is 0 Å². The first-order valence-corrected chi connectivity index (χ1v) is 7.89. The van der Waals surface area contributed by atoms with Crippen molar-refractivity contribution in [3.63, 3.8) is 0 Å². The summed E-state index contributed by atoms with van der Waals surface area (Å²) in [6.07, 6.45) is 2.28. The number of rotatable bonds is 6. The van der Waals surface area contributed by atoms with Gasteiger partial charge in [-0.2, -0.15) is 0 Å². The molecule has 116 valence electrons. The van der Waals surface area contributed by atoms with Crippen LogP contribution in [0.1, 0.15) is 26.3 Å². The van der Waals surface area contributed by atoms with Crippen molar-refractivity contribution in [3.8, 4) is 11.1 Å². The fraction of sp³-hybridized carbons (Fsp3) is 0.300. The van der Waals surface area contributed by atoms with Crippen molar-refractivity contribution in [2.75, 3.05) is 19.6 Å². The highest BCUT2D eigenvalue weighted by Gasteiger charge is 2.01. The van der Waals surface area contributed by atoms with Crippen LogP contribution in [0.4, 0.5) is 4.39 Å². The molecule has 0 aromatic heterocycles. The zero-order valence-electron chi connectivity index (χ0n) is 13.6. The van der Waals surface area contributed by atoms with E-state index >= 15 is 0 Å². The molecule has 0 atom stereocenters. The summed E-state index contributed by atoms with van der Waals surface area (Å²) in [5, 5.41) is 0. The van der Waals surface area contributed by atoms with Gasteiger partial charge in [0.1, 0.15) is 5.82 Å². The molecule has 0 aliphatic heterocycles. The zero-order valence-corrected chi connectivity index (χ0v) is 13.6. The SMILES string of the molecule is CCN(CC)C/C=C(/C)c1ccc(-c2ccc(F)cc2)cc1. The minimum absolute atomic E-state index is 0.199. The second-order valence-electron chi connectivity index (χ2n) is 5.46. The lowest BCUT2D eigenvalue weighted by atomic mass is 10.0. The minimum atomic E-state index is -0.199. The van der Waals surface area contributed by atoms with Crippen LogP contribution >= 0.6 is 0 Å². The van der Waals surface area contributed by atoms with Gasteiger partial charge in [0.2, 0.25) is 0 Å². The predicted octanol–water partition coefficient (Wildman–Crippen LogP) is 5.24. The Balaban J connectivity index is 2.11. The molecule has 0 radical (unpaired) electrons. The molecule has 2 aromatic carbocycles. The number of nitrogens with zero attached hydrogens (tertiary/aromatic N) is 1. The molecule has 2 aromatic rings. The Hall–Kier alpha value is -1.93. The Labute approximate surface area is 133 Å². The van der Waals surface area contributed by atoms with Crippen LogP contribution in [0.25, 0.3) is 16.7 Å². The van der Waals surface area contributed by atoms with Gasteiger partial charge in [0.05, 0.1) is 0 Å². The highest BCUT2D eigenvalue weighted by molar-refractivity contribution is 5.69. The third kappa shape index (κ3) is 4.28. The van der Waals surface area contributed by atoms with E-state index in [-0.39, 0.29) is 5.82 Å². The number of benzene rings is 2. The van der Waals surface area contributed by atoms with Crippen LogP contribution in [0.2, 0.25) is 0 Å². The van der Waals surface area contributed by atoms with E-state index in [1.54, 1.807) is 0 Å². The Morgan fingerprint density at radius 3 is 1.91 bits per heavy atom. The molecule has 0 heterocycles. The van der Waals surface area contributed by atoms with Gasteiger partial charge in [-0.25, -0.2) is 4.39 Å². The van der Waals surface area contributed by atoms with E-state index < -0.39 is 0 Å². The molecule has 0 N–H and O–H groups in total. The number of likely N-dealkylation sites (N-methyl/N-ethyl adjacent to an activating group) is 1. The maximum Gasteiger partial charge on any atom is 0.123 e. The van der Waals surface area contributed by atoms with Crippen molar-refractivity contribution in [2.45, 2.75) is 20.8 Å². The summed E-state index contributed by atoms with van der Waals surface area (Å²) < 4.78 is 13.0. The maximum atomic E-state index is 13.0. The summed E-state index contributed by atoms with van der Waals surface area (Å²) in [6, 6.07) is 15.1. The lowest BCUT2D eigenvalue weighted by Crippen LogP contribution is -2.22. The number of hydrogen-bond donors (Lipinski definition) is 0. The molecular formula is C20H24FN. The Bertz CT molecular complexity index is 607. The third-order valence-corrected chi connectivity index (χ3v) is 4.07. The Kier molecular flexibility index (Phi) is 5.91. The van der Waals surface area contributed by atoms with Crippen molar-refractivity contribution in [1.82, 2.24) is 4.90 Å². The Morgan fingerprint density at radius 1 is 0.909 bits per heavy atom. The van der Waals surface area contributed by atoms with E-state index in [0.717, 1.165) is 30.8 Å². The quantitative estimate of drug-likeness (QED) is 0.705. The first-order valence-electron chi connectivity index (χ1n) is 7.89. The van der Waals surface area contributed by atoms with Crippen molar-refractivity contribution in [3.05, 3.63) is 66.0 Å². The fourth-order valence-corrected chi connectivity index (χ4v) is 2.43. The average Bonchev–Trinajstić information content (AvgIpc) is 2.56. The highest BCUT2D eigenvalue weighted by Crippen LogP contribution is 2.22. The fourth-order valence-electron chi connectivity index (χ4n) is 2.43. The van der Waals surface area contributed by atoms with E-state index in [1.807, 2.05) is 12.1 Å². The van der Waals surface area contributed by atoms with E-state index in [1.165, 1.54) is 23.3 Å². The van der Waals surface area contributed by atoms with Crippen molar-refractivity contribution < 1.29 is 4.39 Å². The van der Waals surface area contributed by atoms with Gasteiger partial charge < -0.3 is 4.90 Å². The summed E-state index contributed by atoms with van der Waals surface area (Å²) >= 11 is 0. The molecule has 0 spiro atoms. The van der Waals surface area contributed by atoms with Crippen LogP contribution in [0.5, 0.6) is 0 Å². The summed E-state index contributed by atoms with van der Waals surface area (Å²) in [5.41, 5.74) is 4.67. The molecule has 0 saturated carbocycles. The molecule has 1 nitrogen and oxygen atoms in total. The van der Waals surface area contributed by atoms with Gasteiger partial charge in [0.15, 0.2) is 0 Å². The predicted molar refractivity (Wildman–Crippen MR) is 93.3 cm³/mol. The van der Waals surface area contributed by atoms with Crippen LogP contribution in [-0.2, 0) is 0 Å². The van der Waals surface area contributed by atoms with Gasteiger partial charge >= 0.3 is 0 Å². The van der Waals surface area contributed by atoms with Crippen molar-refractivity contribution in [1.29, 1.82) is 0 Å². The van der Waals surface area contributed by atoms with E-state index in [4.69, 9.17) is 0 Å². The highest BCUT2D eigenvalue weighted by atomic mass is 19.1. The third-order valence-electron chi connectivity index (χ3n) is 4.07.